The Labute approximate surface area is 594 Å². The van der Waals surface area contributed by atoms with E-state index >= 15 is 8.78 Å². The molecule has 14 aromatic carbocycles. The standard InChI is InChI=1S/C94H74F2N2O4/c1-3-91(57-99-58-91)61-101-81-47-29-69(30-48-81)93(71-27-21-63-13-5-7-15-67(63)53-71)87-19-11-9-17-83(87)85-51-45-79(55-89(85)93)97(77-41-33-73(95)34-42-77)75-37-23-65(24-38-75)66-25-39-76(40-26-66)98(78-43-35-74(96)36-44-78)80-46-52-86-84-18-10-12-20-88(84)94(90(86)56-80,72-28-22-64-14-6-8-16-68(64)54-72)70-31-49-82(50-32-70)102-62-92(4-2)59-100-60-92/h5-56H,3-4,57-62H2,1-2H3. The molecule has 2 aliphatic heterocycles. The zero-order valence-corrected chi connectivity index (χ0v) is 57.0. The molecule has 498 valence electrons. The third-order valence-electron chi connectivity index (χ3n) is 22.5. The van der Waals surface area contributed by atoms with Crippen LogP contribution in [0.2, 0.25) is 0 Å². The fourth-order valence-electron chi connectivity index (χ4n) is 16.6. The van der Waals surface area contributed by atoms with Gasteiger partial charge in [-0.25, -0.2) is 8.78 Å². The second-order valence-corrected chi connectivity index (χ2v) is 28.2. The quantitative estimate of drug-likeness (QED) is 0.0804. The summed E-state index contributed by atoms with van der Waals surface area (Å²) >= 11 is 0. The van der Waals surface area contributed by atoms with Crippen molar-refractivity contribution in [1.29, 1.82) is 0 Å². The van der Waals surface area contributed by atoms with Gasteiger partial charge in [-0.1, -0.05) is 196 Å². The van der Waals surface area contributed by atoms with Crippen LogP contribution in [0.1, 0.15) is 71.2 Å². The third kappa shape index (κ3) is 10.5. The number of nitrogens with zero attached hydrogens (tertiary/aromatic N) is 2. The molecule has 2 heterocycles. The van der Waals surface area contributed by atoms with Crippen LogP contribution in [0.5, 0.6) is 11.5 Å². The maximum Gasteiger partial charge on any atom is 0.123 e. The number of hydrogen-bond acceptors (Lipinski definition) is 6. The summed E-state index contributed by atoms with van der Waals surface area (Å²) in [6.07, 6.45) is 1.99. The number of benzene rings is 14. The molecule has 14 aromatic rings. The van der Waals surface area contributed by atoms with Gasteiger partial charge in [0.05, 0.1) is 61.3 Å². The first-order valence-corrected chi connectivity index (χ1v) is 35.5. The van der Waals surface area contributed by atoms with Crippen LogP contribution in [0.25, 0.3) is 54.9 Å². The van der Waals surface area contributed by atoms with Crippen molar-refractivity contribution in [2.24, 2.45) is 10.8 Å². The van der Waals surface area contributed by atoms with Gasteiger partial charge in [0.15, 0.2) is 0 Å². The van der Waals surface area contributed by atoms with Crippen LogP contribution >= 0.6 is 0 Å². The van der Waals surface area contributed by atoms with Gasteiger partial charge in [0.2, 0.25) is 0 Å². The van der Waals surface area contributed by atoms with Gasteiger partial charge < -0.3 is 28.7 Å². The van der Waals surface area contributed by atoms with Crippen LogP contribution in [0, 0.1) is 22.5 Å². The molecule has 0 aromatic heterocycles. The maximum atomic E-state index is 15.1. The van der Waals surface area contributed by atoms with E-state index in [1.807, 2.05) is 24.3 Å². The van der Waals surface area contributed by atoms with E-state index in [0.29, 0.717) is 39.6 Å². The van der Waals surface area contributed by atoms with Gasteiger partial charge in [0.1, 0.15) is 23.1 Å². The Morgan fingerprint density at radius 1 is 0.304 bits per heavy atom. The summed E-state index contributed by atoms with van der Waals surface area (Å²) in [6.45, 7) is 8.48. The molecule has 0 bridgehead atoms. The van der Waals surface area contributed by atoms with Gasteiger partial charge in [-0.15, -0.1) is 0 Å². The fraction of sp³-hybridized carbons (Fsp3) is 0.149. The summed E-state index contributed by atoms with van der Waals surface area (Å²) in [4.78, 5) is 4.46. The van der Waals surface area contributed by atoms with Crippen LogP contribution in [0.3, 0.4) is 0 Å². The first-order chi connectivity index (χ1) is 50.1. The van der Waals surface area contributed by atoms with Gasteiger partial charge in [-0.05, 0) is 246 Å². The van der Waals surface area contributed by atoms with Crippen molar-refractivity contribution in [3.63, 3.8) is 0 Å². The highest BCUT2D eigenvalue weighted by Crippen LogP contribution is 2.60. The second kappa shape index (κ2) is 25.3. The van der Waals surface area contributed by atoms with Crippen LogP contribution in [-0.2, 0) is 20.3 Å². The summed E-state index contributed by atoms with van der Waals surface area (Å²) in [5, 5.41) is 4.66. The Kier molecular flexibility index (Phi) is 15.6. The molecular weight excluding hydrogens is 1260 g/mol. The van der Waals surface area contributed by atoms with Crippen LogP contribution in [-0.4, -0.2) is 39.6 Å². The van der Waals surface area contributed by atoms with Crippen LogP contribution in [0.15, 0.2) is 315 Å². The van der Waals surface area contributed by atoms with Gasteiger partial charge in [-0.3, -0.25) is 0 Å². The average molecular weight is 1330 g/mol. The van der Waals surface area contributed by atoms with E-state index in [1.54, 1.807) is 0 Å². The van der Waals surface area contributed by atoms with Gasteiger partial charge in [0.25, 0.3) is 0 Å². The Hall–Kier alpha value is -11.4. The highest BCUT2D eigenvalue weighted by molar-refractivity contribution is 5.94. The van der Waals surface area contributed by atoms with E-state index in [0.717, 1.165) is 125 Å². The average Bonchev–Trinajstić information content (AvgIpc) is 1.53. The highest BCUT2D eigenvalue weighted by Gasteiger charge is 2.49. The molecular formula is C94H74F2N2O4. The molecule has 4 aliphatic rings. The number of ether oxygens (including phenoxy) is 4. The molecule has 102 heavy (non-hydrogen) atoms. The van der Waals surface area contributed by atoms with E-state index in [4.69, 9.17) is 18.9 Å². The summed E-state index contributed by atoms with van der Waals surface area (Å²) in [5.41, 5.74) is 19.8. The van der Waals surface area contributed by atoms with Gasteiger partial charge >= 0.3 is 0 Å². The third-order valence-corrected chi connectivity index (χ3v) is 22.5. The summed E-state index contributed by atoms with van der Waals surface area (Å²) in [5.74, 6) is 1.04. The predicted octanol–water partition coefficient (Wildman–Crippen LogP) is 23.2. The summed E-state index contributed by atoms with van der Waals surface area (Å²) in [6, 6.07) is 111. The predicted molar refractivity (Wildman–Crippen MR) is 409 cm³/mol. The molecule has 2 aliphatic carbocycles. The topological polar surface area (TPSA) is 43.4 Å². The minimum atomic E-state index is -0.741. The Balaban J connectivity index is 0.717. The number of hydrogen-bond donors (Lipinski definition) is 0. The lowest BCUT2D eigenvalue weighted by molar-refractivity contribution is -0.133. The van der Waals surface area contributed by atoms with E-state index in [-0.39, 0.29) is 22.5 Å². The van der Waals surface area contributed by atoms with E-state index < -0.39 is 10.8 Å². The van der Waals surface area contributed by atoms with Crippen molar-refractivity contribution in [2.45, 2.75) is 37.5 Å². The zero-order chi connectivity index (χ0) is 68.6. The van der Waals surface area contributed by atoms with Crippen molar-refractivity contribution >= 4 is 55.7 Å². The molecule has 0 saturated carbocycles. The van der Waals surface area contributed by atoms with Gasteiger partial charge in [0, 0.05) is 34.1 Å². The molecule has 2 saturated heterocycles. The molecule has 2 atom stereocenters. The number of anilines is 6. The lowest BCUT2D eigenvalue weighted by atomic mass is 9.67. The van der Waals surface area contributed by atoms with E-state index in [9.17, 15) is 0 Å². The lowest BCUT2D eigenvalue weighted by Crippen LogP contribution is -2.46. The van der Waals surface area contributed by atoms with Crippen molar-refractivity contribution in [3.8, 4) is 44.9 Å². The monoisotopic (exact) mass is 1330 g/mol. The molecule has 0 N–H and O–H groups in total. The highest BCUT2D eigenvalue weighted by atomic mass is 19.1. The van der Waals surface area contributed by atoms with Crippen molar-refractivity contribution in [2.75, 3.05) is 49.4 Å². The molecule has 2 fully saturated rings. The lowest BCUT2D eigenvalue weighted by Gasteiger charge is -2.40. The minimum absolute atomic E-state index is 0.0378. The normalized spacial score (nSPS) is 17.2. The van der Waals surface area contributed by atoms with E-state index in [1.165, 1.54) is 57.3 Å². The fourth-order valence-corrected chi connectivity index (χ4v) is 16.6. The molecule has 8 heteroatoms. The number of fused-ring (bicyclic) bond motifs is 8. The van der Waals surface area contributed by atoms with Crippen molar-refractivity contribution in [3.05, 3.63) is 372 Å². The van der Waals surface area contributed by atoms with Crippen molar-refractivity contribution < 1.29 is 27.7 Å². The Morgan fingerprint density at radius 3 is 0.990 bits per heavy atom. The second-order valence-electron chi connectivity index (χ2n) is 28.2. The zero-order valence-electron chi connectivity index (χ0n) is 57.0. The maximum absolute atomic E-state index is 15.1. The largest absolute Gasteiger partial charge is 0.493 e. The summed E-state index contributed by atoms with van der Waals surface area (Å²) < 4.78 is 54.6. The molecule has 0 spiro atoms. The molecule has 6 nitrogen and oxygen atoms in total. The SMILES string of the molecule is CCC1(COc2ccc(C3(c4ccc5ccccc5c4)c4ccccc4-c4ccc(N(c5ccc(F)cc5)c5ccc(-c6ccc(N(c7ccc(F)cc7)c7ccc8c(c7)C(c7ccc(OCC9(CC)COC9)cc7)(c7ccc9ccccc9c7)c7ccccc7-8)cc6)cc5)cc43)cc2)COC1. The molecule has 18 rings (SSSR count). The van der Waals surface area contributed by atoms with Gasteiger partial charge in [-0.2, -0.15) is 0 Å². The first kappa shape index (κ1) is 62.8. The molecule has 0 amide bonds. The Morgan fingerprint density at radius 2 is 0.627 bits per heavy atom. The number of rotatable bonds is 19. The van der Waals surface area contributed by atoms with Crippen molar-refractivity contribution in [1.82, 2.24) is 0 Å². The summed E-state index contributed by atoms with van der Waals surface area (Å²) in [7, 11) is 0. The molecule has 2 unspecified atom stereocenters. The molecule has 0 radical (unpaired) electrons. The Bertz CT molecular complexity index is 5130. The van der Waals surface area contributed by atoms with Crippen LogP contribution < -0.4 is 19.3 Å². The smallest absolute Gasteiger partial charge is 0.123 e. The van der Waals surface area contributed by atoms with Crippen LogP contribution in [0.4, 0.5) is 42.9 Å². The first-order valence-electron chi connectivity index (χ1n) is 35.5. The minimum Gasteiger partial charge on any atom is -0.493 e. The number of halogens is 2. The van der Waals surface area contributed by atoms with E-state index in [2.05, 4.69) is 291 Å².